The number of rotatable bonds is 3. The zero-order valence-corrected chi connectivity index (χ0v) is 10.2. The van der Waals surface area contributed by atoms with Crippen molar-refractivity contribution in [1.29, 1.82) is 0 Å². The summed E-state index contributed by atoms with van der Waals surface area (Å²) in [5.41, 5.74) is 1.72. The van der Waals surface area contributed by atoms with Crippen LogP contribution in [0.2, 0.25) is 0 Å². The predicted octanol–water partition coefficient (Wildman–Crippen LogP) is 1.95. The lowest BCUT2D eigenvalue weighted by Crippen LogP contribution is -2.01. The first-order valence-corrected chi connectivity index (χ1v) is 5.70. The maximum Gasteiger partial charge on any atom is 0.243 e. The van der Waals surface area contributed by atoms with Gasteiger partial charge in [-0.3, -0.25) is 0 Å². The van der Waals surface area contributed by atoms with Crippen LogP contribution in [0.3, 0.4) is 0 Å². The summed E-state index contributed by atoms with van der Waals surface area (Å²) >= 11 is 0. The molecule has 0 aliphatic carbocycles. The van der Waals surface area contributed by atoms with Crippen molar-refractivity contribution in [3.63, 3.8) is 0 Å². The number of pyridine rings is 1. The smallest absolute Gasteiger partial charge is 0.243 e. The van der Waals surface area contributed by atoms with E-state index in [4.69, 9.17) is 4.42 Å². The number of nitrogens with one attached hydrogen (secondary N) is 1. The molecule has 0 atom stereocenters. The summed E-state index contributed by atoms with van der Waals surface area (Å²) in [6.45, 7) is 4.30. The molecular weight excluding hydrogens is 230 g/mol. The minimum absolute atomic E-state index is 0.478. The van der Waals surface area contributed by atoms with Crippen molar-refractivity contribution in [3.05, 3.63) is 41.7 Å². The number of aromatic nitrogens is 4. The topological polar surface area (TPSA) is 68.2 Å². The van der Waals surface area contributed by atoms with E-state index in [1.54, 1.807) is 4.52 Å². The molecule has 0 fully saturated rings. The molecule has 3 rings (SSSR count). The zero-order chi connectivity index (χ0) is 12.5. The summed E-state index contributed by atoms with van der Waals surface area (Å²) in [5, 5.41) is 7.37. The SMILES string of the molecule is Cc1nc(CNc2nc3ccccn3n2)oc1C. The highest BCUT2D eigenvalue weighted by atomic mass is 16.4. The molecule has 18 heavy (non-hydrogen) atoms. The van der Waals surface area contributed by atoms with Crippen LogP contribution in [-0.2, 0) is 6.54 Å². The largest absolute Gasteiger partial charge is 0.444 e. The van der Waals surface area contributed by atoms with E-state index in [1.165, 1.54) is 0 Å². The predicted molar refractivity (Wildman–Crippen MR) is 66.3 cm³/mol. The monoisotopic (exact) mass is 243 g/mol. The van der Waals surface area contributed by atoms with Crippen molar-refractivity contribution in [3.8, 4) is 0 Å². The maximum atomic E-state index is 5.47. The van der Waals surface area contributed by atoms with Gasteiger partial charge in [-0.15, -0.1) is 5.10 Å². The lowest BCUT2D eigenvalue weighted by atomic mass is 10.4. The molecule has 3 heterocycles. The molecule has 0 amide bonds. The van der Waals surface area contributed by atoms with Gasteiger partial charge in [-0.1, -0.05) is 6.07 Å². The molecule has 0 unspecified atom stereocenters. The number of hydrogen-bond acceptors (Lipinski definition) is 5. The van der Waals surface area contributed by atoms with Crippen molar-refractivity contribution < 1.29 is 4.42 Å². The third-order valence-corrected chi connectivity index (χ3v) is 2.71. The number of hydrogen-bond donors (Lipinski definition) is 1. The van der Waals surface area contributed by atoms with Gasteiger partial charge in [0.25, 0.3) is 0 Å². The fraction of sp³-hybridized carbons (Fsp3) is 0.250. The molecule has 6 nitrogen and oxygen atoms in total. The van der Waals surface area contributed by atoms with Crippen LogP contribution < -0.4 is 5.32 Å². The Labute approximate surface area is 104 Å². The molecular formula is C12H13N5O. The van der Waals surface area contributed by atoms with Gasteiger partial charge in [-0.05, 0) is 26.0 Å². The molecule has 3 aromatic heterocycles. The molecule has 3 aromatic rings. The van der Waals surface area contributed by atoms with E-state index in [0.717, 1.165) is 17.1 Å². The van der Waals surface area contributed by atoms with E-state index in [1.807, 2.05) is 38.2 Å². The van der Waals surface area contributed by atoms with Crippen LogP contribution in [-0.4, -0.2) is 19.6 Å². The van der Waals surface area contributed by atoms with Gasteiger partial charge >= 0.3 is 0 Å². The lowest BCUT2D eigenvalue weighted by Gasteiger charge is -1.95. The zero-order valence-electron chi connectivity index (χ0n) is 10.2. The molecule has 0 spiro atoms. The Balaban J connectivity index is 1.76. The molecule has 0 aromatic carbocycles. The quantitative estimate of drug-likeness (QED) is 0.761. The Hall–Kier alpha value is -2.37. The molecule has 0 saturated heterocycles. The Bertz CT molecular complexity index is 632. The van der Waals surface area contributed by atoms with E-state index in [-0.39, 0.29) is 0 Å². The average molecular weight is 243 g/mol. The van der Waals surface area contributed by atoms with Crippen molar-refractivity contribution in [2.24, 2.45) is 0 Å². The van der Waals surface area contributed by atoms with Crippen LogP contribution >= 0.6 is 0 Å². The van der Waals surface area contributed by atoms with Crippen LogP contribution in [0.1, 0.15) is 17.3 Å². The van der Waals surface area contributed by atoms with Gasteiger partial charge in [0.05, 0.1) is 12.2 Å². The van der Waals surface area contributed by atoms with E-state index in [0.29, 0.717) is 18.4 Å². The summed E-state index contributed by atoms with van der Waals surface area (Å²) in [5.74, 6) is 2.05. The first-order valence-electron chi connectivity index (χ1n) is 5.70. The third kappa shape index (κ3) is 1.92. The van der Waals surface area contributed by atoms with Crippen molar-refractivity contribution in [2.45, 2.75) is 20.4 Å². The van der Waals surface area contributed by atoms with Gasteiger partial charge in [0.1, 0.15) is 5.76 Å². The Morgan fingerprint density at radius 3 is 2.89 bits per heavy atom. The van der Waals surface area contributed by atoms with Gasteiger partial charge in [0.15, 0.2) is 5.65 Å². The third-order valence-electron chi connectivity index (χ3n) is 2.71. The second-order valence-electron chi connectivity index (χ2n) is 4.04. The van der Waals surface area contributed by atoms with E-state index in [9.17, 15) is 0 Å². The molecule has 6 heteroatoms. The highest BCUT2D eigenvalue weighted by Gasteiger charge is 2.07. The summed E-state index contributed by atoms with van der Waals surface area (Å²) in [6.07, 6.45) is 1.85. The number of aryl methyl sites for hydroxylation is 2. The minimum Gasteiger partial charge on any atom is -0.444 e. The highest BCUT2D eigenvalue weighted by Crippen LogP contribution is 2.10. The van der Waals surface area contributed by atoms with Crippen molar-refractivity contribution in [2.75, 3.05) is 5.32 Å². The van der Waals surface area contributed by atoms with Crippen LogP contribution in [0.4, 0.5) is 5.95 Å². The van der Waals surface area contributed by atoms with E-state index >= 15 is 0 Å². The van der Waals surface area contributed by atoms with Crippen LogP contribution in [0.5, 0.6) is 0 Å². The molecule has 0 radical (unpaired) electrons. The van der Waals surface area contributed by atoms with Crippen LogP contribution in [0, 0.1) is 13.8 Å². The van der Waals surface area contributed by atoms with Crippen LogP contribution in [0.25, 0.3) is 5.65 Å². The average Bonchev–Trinajstić information content (AvgIpc) is 2.91. The van der Waals surface area contributed by atoms with Crippen molar-refractivity contribution >= 4 is 11.6 Å². The molecule has 92 valence electrons. The van der Waals surface area contributed by atoms with Crippen molar-refractivity contribution in [1.82, 2.24) is 19.6 Å². The molecule has 1 N–H and O–H groups in total. The van der Waals surface area contributed by atoms with Gasteiger partial charge in [-0.2, -0.15) is 4.98 Å². The first-order chi connectivity index (χ1) is 8.72. The number of fused-ring (bicyclic) bond motifs is 1. The first kappa shape index (κ1) is 10.8. The van der Waals surface area contributed by atoms with Gasteiger partial charge in [0, 0.05) is 6.20 Å². The Kier molecular flexibility index (Phi) is 2.47. The normalized spacial score (nSPS) is 11.0. The molecule has 0 aliphatic rings. The number of anilines is 1. The molecule has 0 bridgehead atoms. The summed E-state index contributed by atoms with van der Waals surface area (Å²) in [7, 11) is 0. The van der Waals surface area contributed by atoms with E-state index < -0.39 is 0 Å². The lowest BCUT2D eigenvalue weighted by molar-refractivity contribution is 0.478. The molecule has 0 saturated carbocycles. The van der Waals surface area contributed by atoms with Gasteiger partial charge < -0.3 is 9.73 Å². The summed E-state index contributed by atoms with van der Waals surface area (Å²) < 4.78 is 7.19. The summed E-state index contributed by atoms with van der Waals surface area (Å²) in [6, 6.07) is 5.73. The number of oxazole rings is 1. The Morgan fingerprint density at radius 1 is 1.28 bits per heavy atom. The van der Waals surface area contributed by atoms with Crippen LogP contribution in [0.15, 0.2) is 28.8 Å². The fourth-order valence-electron chi connectivity index (χ4n) is 1.68. The van der Waals surface area contributed by atoms with Gasteiger partial charge in [0.2, 0.25) is 11.8 Å². The van der Waals surface area contributed by atoms with E-state index in [2.05, 4.69) is 20.4 Å². The maximum absolute atomic E-state index is 5.47. The number of nitrogens with zero attached hydrogens (tertiary/aromatic N) is 4. The second kappa shape index (κ2) is 4.14. The Morgan fingerprint density at radius 2 is 2.17 bits per heavy atom. The van der Waals surface area contributed by atoms with Gasteiger partial charge in [-0.25, -0.2) is 9.50 Å². The molecule has 0 aliphatic heterocycles. The highest BCUT2D eigenvalue weighted by molar-refractivity contribution is 5.42. The minimum atomic E-state index is 0.478. The summed E-state index contributed by atoms with van der Waals surface area (Å²) in [4.78, 5) is 8.62. The second-order valence-corrected chi connectivity index (χ2v) is 4.04. The fourth-order valence-corrected chi connectivity index (χ4v) is 1.68. The standard InChI is InChI=1S/C12H13N5O/c1-8-9(2)18-11(14-8)7-13-12-15-10-5-3-4-6-17(10)16-12/h3-6H,7H2,1-2H3,(H,13,16).